The van der Waals surface area contributed by atoms with Crippen molar-refractivity contribution < 1.29 is 4.74 Å². The Morgan fingerprint density at radius 2 is 1.96 bits per heavy atom. The van der Waals surface area contributed by atoms with Gasteiger partial charge < -0.3 is 9.72 Å². The van der Waals surface area contributed by atoms with Crippen molar-refractivity contribution in [1.82, 2.24) is 29.7 Å². The largest absolute Gasteiger partial charge is 0.480 e. The van der Waals surface area contributed by atoms with E-state index in [0.717, 1.165) is 44.3 Å². The van der Waals surface area contributed by atoms with Crippen molar-refractivity contribution in [2.45, 2.75) is 0 Å². The first-order chi connectivity index (χ1) is 13.2. The van der Waals surface area contributed by atoms with E-state index in [-0.39, 0.29) is 0 Å². The number of aryl methyl sites for hydroxylation is 1. The molecule has 0 atom stereocenters. The average Bonchev–Trinajstić information content (AvgIpc) is 3.32. The van der Waals surface area contributed by atoms with Gasteiger partial charge in [-0.05, 0) is 29.8 Å². The fourth-order valence-corrected chi connectivity index (χ4v) is 3.32. The molecule has 5 aromatic rings. The SMILES string of the molecule is COc1ncnc2ccc(-c3c[nH]c4nc(-c5cnn(C)c5)ccc34)cc12. The molecule has 7 nitrogen and oxygen atoms in total. The highest BCUT2D eigenvalue weighted by Crippen LogP contribution is 2.32. The molecule has 4 aromatic heterocycles. The maximum atomic E-state index is 5.37. The summed E-state index contributed by atoms with van der Waals surface area (Å²) in [5.41, 5.74) is 5.69. The molecule has 5 rings (SSSR count). The van der Waals surface area contributed by atoms with Gasteiger partial charge in [0, 0.05) is 36.0 Å². The number of ether oxygens (including phenoxy) is 1. The summed E-state index contributed by atoms with van der Waals surface area (Å²) in [4.78, 5) is 16.5. The van der Waals surface area contributed by atoms with Crippen LogP contribution in [0.3, 0.4) is 0 Å². The van der Waals surface area contributed by atoms with Gasteiger partial charge in [0.2, 0.25) is 5.88 Å². The van der Waals surface area contributed by atoms with Crippen LogP contribution in [0.1, 0.15) is 0 Å². The van der Waals surface area contributed by atoms with Crippen molar-refractivity contribution in [3.63, 3.8) is 0 Å². The molecule has 0 fully saturated rings. The minimum Gasteiger partial charge on any atom is -0.480 e. The van der Waals surface area contributed by atoms with Gasteiger partial charge in [0.05, 0.1) is 29.9 Å². The molecule has 1 aromatic carbocycles. The standard InChI is InChI=1S/C20H16N6O/c1-26-10-13(8-24-26)17-6-4-14-16(9-21-19(14)25-17)12-3-5-18-15(7-12)20(27-2)23-11-22-18/h3-11H,1-2H3,(H,21,25). The van der Waals surface area contributed by atoms with Crippen LogP contribution in [-0.2, 0) is 7.05 Å². The van der Waals surface area contributed by atoms with Gasteiger partial charge in [-0.15, -0.1) is 0 Å². The number of methoxy groups -OCH3 is 1. The van der Waals surface area contributed by atoms with Crippen LogP contribution in [-0.4, -0.2) is 36.8 Å². The Hall–Kier alpha value is -3.74. The molecule has 7 heteroatoms. The van der Waals surface area contributed by atoms with Crippen LogP contribution in [0.2, 0.25) is 0 Å². The second-order valence-electron chi connectivity index (χ2n) is 6.31. The van der Waals surface area contributed by atoms with E-state index >= 15 is 0 Å². The zero-order chi connectivity index (χ0) is 18.4. The Kier molecular flexibility index (Phi) is 3.39. The van der Waals surface area contributed by atoms with Crippen LogP contribution < -0.4 is 4.74 Å². The number of H-pyrrole nitrogens is 1. The lowest BCUT2D eigenvalue weighted by Crippen LogP contribution is -1.91. The van der Waals surface area contributed by atoms with E-state index in [0.29, 0.717) is 5.88 Å². The van der Waals surface area contributed by atoms with Gasteiger partial charge in [-0.25, -0.2) is 15.0 Å². The van der Waals surface area contributed by atoms with Gasteiger partial charge in [-0.3, -0.25) is 4.68 Å². The smallest absolute Gasteiger partial charge is 0.224 e. The third-order valence-corrected chi connectivity index (χ3v) is 4.64. The molecule has 27 heavy (non-hydrogen) atoms. The van der Waals surface area contributed by atoms with E-state index in [2.05, 4.69) is 26.1 Å². The number of hydrogen-bond acceptors (Lipinski definition) is 5. The predicted molar refractivity (Wildman–Crippen MR) is 103 cm³/mol. The normalized spacial score (nSPS) is 11.3. The summed E-state index contributed by atoms with van der Waals surface area (Å²) in [7, 11) is 3.51. The van der Waals surface area contributed by atoms with Gasteiger partial charge in [-0.2, -0.15) is 5.10 Å². The fraction of sp³-hybridized carbons (Fsp3) is 0.100. The highest BCUT2D eigenvalue weighted by atomic mass is 16.5. The maximum Gasteiger partial charge on any atom is 0.224 e. The third kappa shape index (κ3) is 2.52. The lowest BCUT2D eigenvalue weighted by atomic mass is 10.0. The first-order valence-corrected chi connectivity index (χ1v) is 8.49. The number of benzene rings is 1. The molecule has 0 aliphatic carbocycles. The lowest BCUT2D eigenvalue weighted by molar-refractivity contribution is 0.402. The molecule has 0 amide bonds. The number of fused-ring (bicyclic) bond motifs is 2. The Balaban J connectivity index is 1.64. The maximum absolute atomic E-state index is 5.37. The summed E-state index contributed by atoms with van der Waals surface area (Å²) in [6, 6.07) is 10.2. The Morgan fingerprint density at radius 1 is 1.04 bits per heavy atom. The van der Waals surface area contributed by atoms with Gasteiger partial charge in [0.1, 0.15) is 12.0 Å². The first kappa shape index (κ1) is 15.5. The van der Waals surface area contributed by atoms with Gasteiger partial charge in [0.25, 0.3) is 0 Å². The van der Waals surface area contributed by atoms with E-state index in [9.17, 15) is 0 Å². The summed E-state index contributed by atoms with van der Waals surface area (Å²) in [6.45, 7) is 0. The average molecular weight is 356 g/mol. The zero-order valence-electron chi connectivity index (χ0n) is 14.8. The Bertz CT molecular complexity index is 1290. The van der Waals surface area contributed by atoms with E-state index < -0.39 is 0 Å². The van der Waals surface area contributed by atoms with Crippen molar-refractivity contribution in [2.24, 2.45) is 7.05 Å². The van der Waals surface area contributed by atoms with Crippen LogP contribution >= 0.6 is 0 Å². The third-order valence-electron chi connectivity index (χ3n) is 4.64. The molecule has 0 bridgehead atoms. The molecule has 0 aliphatic rings. The molecule has 4 heterocycles. The van der Waals surface area contributed by atoms with Crippen LogP contribution in [0, 0.1) is 0 Å². The van der Waals surface area contributed by atoms with Crippen LogP contribution in [0.25, 0.3) is 44.3 Å². The molecular formula is C20H16N6O. The van der Waals surface area contributed by atoms with Crippen molar-refractivity contribution in [3.05, 3.63) is 55.2 Å². The van der Waals surface area contributed by atoms with Crippen molar-refractivity contribution in [1.29, 1.82) is 0 Å². The highest BCUT2D eigenvalue weighted by molar-refractivity contribution is 5.97. The molecule has 0 saturated heterocycles. The summed E-state index contributed by atoms with van der Waals surface area (Å²) in [5.74, 6) is 0.568. The molecule has 0 aliphatic heterocycles. The van der Waals surface area contributed by atoms with Crippen LogP contribution in [0.5, 0.6) is 5.88 Å². The van der Waals surface area contributed by atoms with Crippen molar-refractivity contribution in [2.75, 3.05) is 7.11 Å². The van der Waals surface area contributed by atoms with Crippen molar-refractivity contribution in [3.8, 4) is 28.3 Å². The molecule has 0 spiro atoms. The summed E-state index contributed by atoms with van der Waals surface area (Å²) < 4.78 is 7.14. The van der Waals surface area contributed by atoms with Gasteiger partial charge >= 0.3 is 0 Å². The Labute approximate surface area is 154 Å². The number of hydrogen-bond donors (Lipinski definition) is 1. The summed E-state index contributed by atoms with van der Waals surface area (Å²) >= 11 is 0. The van der Waals surface area contributed by atoms with Gasteiger partial charge in [-0.1, -0.05) is 6.07 Å². The van der Waals surface area contributed by atoms with E-state index in [1.54, 1.807) is 11.8 Å². The number of aromatic nitrogens is 6. The fourth-order valence-electron chi connectivity index (χ4n) is 3.32. The topological polar surface area (TPSA) is 81.5 Å². The minimum absolute atomic E-state index is 0.568. The molecule has 0 radical (unpaired) electrons. The summed E-state index contributed by atoms with van der Waals surface area (Å²) in [6.07, 6.45) is 7.25. The van der Waals surface area contributed by atoms with Crippen molar-refractivity contribution >= 4 is 21.9 Å². The van der Waals surface area contributed by atoms with Crippen LogP contribution in [0.4, 0.5) is 0 Å². The number of nitrogens with zero attached hydrogens (tertiary/aromatic N) is 5. The summed E-state index contributed by atoms with van der Waals surface area (Å²) in [5, 5.41) is 6.15. The molecule has 132 valence electrons. The second-order valence-corrected chi connectivity index (χ2v) is 6.31. The Morgan fingerprint density at radius 3 is 2.78 bits per heavy atom. The number of pyridine rings is 1. The molecular weight excluding hydrogens is 340 g/mol. The zero-order valence-corrected chi connectivity index (χ0v) is 14.8. The number of nitrogens with one attached hydrogen (secondary N) is 1. The molecule has 0 saturated carbocycles. The second kappa shape index (κ2) is 5.91. The monoisotopic (exact) mass is 356 g/mol. The quantitative estimate of drug-likeness (QED) is 0.534. The molecule has 0 unspecified atom stereocenters. The van der Waals surface area contributed by atoms with Crippen LogP contribution in [0.15, 0.2) is 55.2 Å². The predicted octanol–water partition coefficient (Wildman–Crippen LogP) is 3.58. The van der Waals surface area contributed by atoms with E-state index in [4.69, 9.17) is 9.72 Å². The number of aromatic amines is 1. The van der Waals surface area contributed by atoms with E-state index in [1.807, 2.05) is 49.9 Å². The van der Waals surface area contributed by atoms with E-state index in [1.165, 1.54) is 6.33 Å². The number of rotatable bonds is 3. The first-order valence-electron chi connectivity index (χ1n) is 8.49. The molecule has 1 N–H and O–H groups in total. The lowest BCUT2D eigenvalue weighted by Gasteiger charge is -2.06. The highest BCUT2D eigenvalue weighted by Gasteiger charge is 2.12. The minimum atomic E-state index is 0.568. The van der Waals surface area contributed by atoms with Gasteiger partial charge in [0.15, 0.2) is 0 Å².